The van der Waals surface area contributed by atoms with Crippen LogP contribution in [0.25, 0.3) is 0 Å². The molecule has 90 valence electrons. The van der Waals surface area contributed by atoms with E-state index in [9.17, 15) is 5.11 Å². The zero-order chi connectivity index (χ0) is 12.1. The van der Waals surface area contributed by atoms with Crippen LogP contribution in [0.4, 0.5) is 0 Å². The highest BCUT2D eigenvalue weighted by molar-refractivity contribution is 5.30. The summed E-state index contributed by atoms with van der Waals surface area (Å²) in [5.74, 6) is 0.395. The minimum Gasteiger partial charge on any atom is -0.393 e. The molecule has 0 saturated heterocycles. The lowest BCUT2D eigenvalue weighted by Crippen LogP contribution is -2.20. The monoisotopic (exact) mass is 220 g/mol. The first kappa shape index (κ1) is 13.2. The van der Waals surface area contributed by atoms with Crippen molar-refractivity contribution < 1.29 is 5.11 Å². The predicted octanol–water partition coefficient (Wildman–Crippen LogP) is 3.64. The summed E-state index contributed by atoms with van der Waals surface area (Å²) in [7, 11) is 0. The van der Waals surface area contributed by atoms with E-state index in [-0.39, 0.29) is 6.10 Å². The maximum Gasteiger partial charge on any atom is 0.0606 e. The first-order valence-corrected chi connectivity index (χ1v) is 6.28. The predicted molar refractivity (Wildman–Crippen MR) is 69.7 cm³/mol. The van der Waals surface area contributed by atoms with Gasteiger partial charge in [0.15, 0.2) is 0 Å². The lowest BCUT2D eigenvalue weighted by Gasteiger charge is -2.18. The van der Waals surface area contributed by atoms with Crippen LogP contribution in [-0.4, -0.2) is 11.2 Å². The molecule has 1 N–H and O–H groups in total. The second kappa shape index (κ2) is 6.05. The molecule has 16 heavy (non-hydrogen) atoms. The average Bonchev–Trinajstić information content (AvgIpc) is 2.24. The fraction of sp³-hybridized carbons (Fsp3) is 0.600. The summed E-state index contributed by atoms with van der Waals surface area (Å²) < 4.78 is 0. The molecule has 0 bridgehead atoms. The van der Waals surface area contributed by atoms with Crippen LogP contribution in [0.3, 0.4) is 0 Å². The van der Waals surface area contributed by atoms with E-state index in [1.807, 2.05) is 0 Å². The maximum atomic E-state index is 10.1. The summed E-state index contributed by atoms with van der Waals surface area (Å²) in [5.41, 5.74) is 3.88. The molecule has 1 aromatic rings. The highest BCUT2D eigenvalue weighted by Crippen LogP contribution is 2.17. The number of aliphatic hydroxyl groups excluding tert-OH is 1. The summed E-state index contributed by atoms with van der Waals surface area (Å²) >= 11 is 0. The highest BCUT2D eigenvalue weighted by Gasteiger charge is 2.13. The van der Waals surface area contributed by atoms with Gasteiger partial charge in [0.1, 0.15) is 0 Å². The van der Waals surface area contributed by atoms with Crippen LogP contribution in [0.2, 0.25) is 0 Å². The van der Waals surface area contributed by atoms with Crippen molar-refractivity contribution in [3.05, 3.63) is 34.9 Å². The smallest absolute Gasteiger partial charge is 0.0606 e. The van der Waals surface area contributed by atoms with Gasteiger partial charge in [-0.05, 0) is 49.3 Å². The molecule has 1 nitrogen and oxygen atoms in total. The van der Waals surface area contributed by atoms with E-state index in [4.69, 9.17) is 0 Å². The van der Waals surface area contributed by atoms with Crippen molar-refractivity contribution in [3.63, 3.8) is 0 Å². The van der Waals surface area contributed by atoms with E-state index in [1.54, 1.807) is 0 Å². The molecule has 0 heterocycles. The van der Waals surface area contributed by atoms with E-state index in [0.717, 1.165) is 19.3 Å². The number of hydrogen-bond donors (Lipinski definition) is 1. The molecule has 0 radical (unpaired) electrons. The second-order valence-corrected chi connectivity index (χ2v) is 4.96. The molecular formula is C15H24O. The lowest BCUT2D eigenvalue weighted by molar-refractivity contribution is 0.111. The molecule has 0 aromatic heterocycles. The number of aryl methyl sites for hydroxylation is 2. The molecule has 1 rings (SSSR count). The Bertz CT molecular complexity index is 330. The molecule has 0 spiro atoms. The quantitative estimate of drug-likeness (QED) is 0.803. The van der Waals surface area contributed by atoms with Crippen LogP contribution in [-0.2, 0) is 6.42 Å². The zero-order valence-electron chi connectivity index (χ0n) is 11.0. The Morgan fingerprint density at radius 3 is 2.44 bits per heavy atom. The van der Waals surface area contributed by atoms with Crippen LogP contribution < -0.4 is 0 Å². The van der Waals surface area contributed by atoms with Gasteiger partial charge in [0.05, 0.1) is 6.10 Å². The Labute approximate surface area is 99.5 Å². The van der Waals surface area contributed by atoms with Crippen LogP contribution in [0, 0.1) is 19.8 Å². The van der Waals surface area contributed by atoms with Crippen LogP contribution in [0.5, 0.6) is 0 Å². The van der Waals surface area contributed by atoms with Gasteiger partial charge in [-0.3, -0.25) is 0 Å². The Morgan fingerprint density at radius 1 is 1.19 bits per heavy atom. The third-order valence-corrected chi connectivity index (χ3v) is 3.42. The third kappa shape index (κ3) is 3.64. The highest BCUT2D eigenvalue weighted by atomic mass is 16.3. The standard InChI is InChI=1S/C15H24O/c1-5-6-12(3)15(16)10-14-8-7-11(2)13(4)9-14/h7-9,12,15-16H,5-6,10H2,1-4H3. The van der Waals surface area contributed by atoms with Crippen molar-refractivity contribution in [3.8, 4) is 0 Å². The lowest BCUT2D eigenvalue weighted by atomic mass is 9.93. The van der Waals surface area contributed by atoms with Gasteiger partial charge in [0.25, 0.3) is 0 Å². The Kier molecular flexibility index (Phi) is 5.01. The van der Waals surface area contributed by atoms with Gasteiger partial charge >= 0.3 is 0 Å². The SMILES string of the molecule is CCCC(C)C(O)Cc1ccc(C)c(C)c1. The molecule has 2 atom stereocenters. The normalized spacial score (nSPS) is 14.8. The maximum absolute atomic E-state index is 10.1. The minimum atomic E-state index is -0.206. The van der Waals surface area contributed by atoms with Crippen molar-refractivity contribution in [1.82, 2.24) is 0 Å². The fourth-order valence-electron chi connectivity index (χ4n) is 2.02. The van der Waals surface area contributed by atoms with Crippen molar-refractivity contribution in [2.75, 3.05) is 0 Å². The summed E-state index contributed by atoms with van der Waals surface area (Å²) in [4.78, 5) is 0. The molecule has 0 fully saturated rings. The molecule has 0 amide bonds. The van der Waals surface area contributed by atoms with Crippen molar-refractivity contribution >= 4 is 0 Å². The Balaban J connectivity index is 2.62. The van der Waals surface area contributed by atoms with Gasteiger partial charge in [-0.2, -0.15) is 0 Å². The topological polar surface area (TPSA) is 20.2 Å². The van der Waals surface area contributed by atoms with Gasteiger partial charge in [-0.15, -0.1) is 0 Å². The molecule has 0 aliphatic heterocycles. The van der Waals surface area contributed by atoms with E-state index in [1.165, 1.54) is 16.7 Å². The van der Waals surface area contributed by atoms with Crippen molar-refractivity contribution in [1.29, 1.82) is 0 Å². The number of benzene rings is 1. The van der Waals surface area contributed by atoms with E-state index in [0.29, 0.717) is 5.92 Å². The summed E-state index contributed by atoms with van der Waals surface area (Å²) in [5, 5.41) is 10.1. The largest absolute Gasteiger partial charge is 0.393 e. The van der Waals surface area contributed by atoms with E-state index >= 15 is 0 Å². The molecule has 2 unspecified atom stereocenters. The number of aliphatic hydroxyl groups is 1. The molecule has 1 aromatic carbocycles. The molecule has 0 aliphatic carbocycles. The van der Waals surface area contributed by atoms with Gasteiger partial charge in [0, 0.05) is 0 Å². The summed E-state index contributed by atoms with van der Waals surface area (Å²) in [6.45, 7) is 8.55. The van der Waals surface area contributed by atoms with Crippen molar-refractivity contribution in [2.24, 2.45) is 5.92 Å². The van der Waals surface area contributed by atoms with Crippen LogP contribution >= 0.6 is 0 Å². The zero-order valence-corrected chi connectivity index (χ0v) is 11.0. The first-order chi connectivity index (χ1) is 7.54. The van der Waals surface area contributed by atoms with E-state index < -0.39 is 0 Å². The summed E-state index contributed by atoms with van der Waals surface area (Å²) in [6, 6.07) is 6.46. The molecular weight excluding hydrogens is 196 g/mol. The van der Waals surface area contributed by atoms with Gasteiger partial charge < -0.3 is 5.11 Å². The first-order valence-electron chi connectivity index (χ1n) is 6.28. The van der Waals surface area contributed by atoms with Gasteiger partial charge in [0.2, 0.25) is 0 Å². The van der Waals surface area contributed by atoms with Gasteiger partial charge in [-0.1, -0.05) is 38.5 Å². The van der Waals surface area contributed by atoms with Gasteiger partial charge in [-0.25, -0.2) is 0 Å². The Hall–Kier alpha value is -0.820. The third-order valence-electron chi connectivity index (χ3n) is 3.42. The molecule has 0 aliphatic rings. The average molecular weight is 220 g/mol. The fourth-order valence-corrected chi connectivity index (χ4v) is 2.02. The summed E-state index contributed by atoms with van der Waals surface area (Å²) in [6.07, 6.45) is 2.82. The van der Waals surface area contributed by atoms with Crippen molar-refractivity contribution in [2.45, 2.75) is 53.1 Å². The number of hydrogen-bond acceptors (Lipinski definition) is 1. The van der Waals surface area contributed by atoms with Crippen LogP contribution in [0.15, 0.2) is 18.2 Å². The number of rotatable bonds is 5. The van der Waals surface area contributed by atoms with E-state index in [2.05, 4.69) is 45.9 Å². The minimum absolute atomic E-state index is 0.206. The Morgan fingerprint density at radius 2 is 1.88 bits per heavy atom. The van der Waals surface area contributed by atoms with Crippen LogP contribution in [0.1, 0.15) is 43.4 Å². The second-order valence-electron chi connectivity index (χ2n) is 4.96. The molecule has 0 saturated carbocycles. The molecule has 1 heteroatoms.